The van der Waals surface area contributed by atoms with Gasteiger partial charge in [-0.15, -0.1) is 0 Å². The minimum absolute atomic E-state index is 0.0409. The van der Waals surface area contributed by atoms with E-state index in [9.17, 15) is 0 Å². The molecule has 2 rings (SSSR count). The number of nitrogens with zero attached hydrogens (tertiary/aromatic N) is 4. The van der Waals surface area contributed by atoms with Crippen LogP contribution in [-0.4, -0.2) is 31.9 Å². The van der Waals surface area contributed by atoms with E-state index < -0.39 is 0 Å². The van der Waals surface area contributed by atoms with E-state index in [-0.39, 0.29) is 6.04 Å². The molecule has 1 atom stereocenters. The highest BCUT2D eigenvalue weighted by Crippen LogP contribution is 2.13. The maximum Gasteiger partial charge on any atom is 0.243 e. The molecule has 2 N–H and O–H groups in total. The standard InChI is InChI=1S/C8H12N6O/c1-3-9-5(2)8-12-7(14-15-8)6-10-4-11-13-6/h4-5,9H,3H2,1-2H3,(H,10,11,13). The van der Waals surface area contributed by atoms with E-state index >= 15 is 0 Å². The summed E-state index contributed by atoms with van der Waals surface area (Å²) < 4.78 is 5.09. The molecular formula is C8H12N6O. The van der Waals surface area contributed by atoms with Gasteiger partial charge >= 0.3 is 0 Å². The van der Waals surface area contributed by atoms with Crippen LogP contribution in [0.15, 0.2) is 10.9 Å². The Kier molecular flexibility index (Phi) is 2.72. The Hall–Kier alpha value is -1.76. The summed E-state index contributed by atoms with van der Waals surface area (Å²) in [5.74, 6) is 1.48. The van der Waals surface area contributed by atoms with Crippen LogP contribution in [0.4, 0.5) is 0 Å². The second-order valence-electron chi connectivity index (χ2n) is 3.07. The van der Waals surface area contributed by atoms with Crippen LogP contribution in [0.1, 0.15) is 25.8 Å². The lowest BCUT2D eigenvalue weighted by atomic mass is 10.3. The number of aromatic amines is 1. The van der Waals surface area contributed by atoms with Crippen molar-refractivity contribution in [3.8, 4) is 11.6 Å². The zero-order valence-corrected chi connectivity index (χ0v) is 8.56. The molecule has 0 aliphatic rings. The zero-order chi connectivity index (χ0) is 10.7. The number of hydrogen-bond acceptors (Lipinski definition) is 6. The Labute approximate surface area is 86.3 Å². The van der Waals surface area contributed by atoms with Crippen LogP contribution >= 0.6 is 0 Å². The molecule has 2 heterocycles. The minimum Gasteiger partial charge on any atom is -0.337 e. The van der Waals surface area contributed by atoms with E-state index in [4.69, 9.17) is 4.52 Å². The molecule has 15 heavy (non-hydrogen) atoms. The van der Waals surface area contributed by atoms with Crippen molar-refractivity contribution in [2.75, 3.05) is 6.54 Å². The minimum atomic E-state index is 0.0409. The lowest BCUT2D eigenvalue weighted by molar-refractivity contribution is 0.342. The van der Waals surface area contributed by atoms with Crippen molar-refractivity contribution in [1.82, 2.24) is 30.6 Å². The molecule has 2 aromatic rings. The molecule has 0 amide bonds. The van der Waals surface area contributed by atoms with Crippen LogP contribution in [0, 0.1) is 0 Å². The molecule has 0 spiro atoms. The molecule has 0 aliphatic heterocycles. The molecule has 0 saturated heterocycles. The molecule has 7 nitrogen and oxygen atoms in total. The van der Waals surface area contributed by atoms with Crippen LogP contribution in [0.5, 0.6) is 0 Å². The largest absolute Gasteiger partial charge is 0.337 e. The molecule has 0 radical (unpaired) electrons. The molecule has 0 aliphatic carbocycles. The zero-order valence-electron chi connectivity index (χ0n) is 8.56. The highest BCUT2D eigenvalue weighted by atomic mass is 16.5. The van der Waals surface area contributed by atoms with Gasteiger partial charge in [0.2, 0.25) is 11.7 Å². The molecule has 0 bridgehead atoms. The maximum absolute atomic E-state index is 5.09. The van der Waals surface area contributed by atoms with E-state index in [2.05, 4.69) is 30.6 Å². The first-order chi connectivity index (χ1) is 7.31. The molecule has 80 valence electrons. The van der Waals surface area contributed by atoms with Crippen LogP contribution < -0.4 is 5.32 Å². The third-order valence-electron chi connectivity index (χ3n) is 1.95. The summed E-state index contributed by atoms with van der Waals surface area (Å²) in [4.78, 5) is 8.13. The Morgan fingerprint density at radius 1 is 1.60 bits per heavy atom. The molecule has 0 aromatic carbocycles. The molecule has 0 saturated carbocycles. The van der Waals surface area contributed by atoms with Gasteiger partial charge in [0.15, 0.2) is 5.82 Å². The van der Waals surface area contributed by atoms with Gasteiger partial charge in [0, 0.05) is 0 Å². The quantitative estimate of drug-likeness (QED) is 0.761. The second kappa shape index (κ2) is 4.18. The summed E-state index contributed by atoms with van der Waals surface area (Å²) in [6.45, 7) is 4.83. The maximum atomic E-state index is 5.09. The van der Waals surface area contributed by atoms with E-state index in [0.29, 0.717) is 17.5 Å². The first-order valence-corrected chi connectivity index (χ1v) is 4.74. The first-order valence-electron chi connectivity index (χ1n) is 4.74. The predicted octanol–water partition coefficient (Wildman–Crippen LogP) is 0.525. The van der Waals surface area contributed by atoms with Crippen molar-refractivity contribution in [1.29, 1.82) is 0 Å². The van der Waals surface area contributed by atoms with E-state index in [0.717, 1.165) is 6.54 Å². The summed E-state index contributed by atoms with van der Waals surface area (Å²) in [7, 11) is 0. The third-order valence-corrected chi connectivity index (χ3v) is 1.95. The number of hydrogen-bond donors (Lipinski definition) is 2. The number of nitrogens with one attached hydrogen (secondary N) is 2. The van der Waals surface area contributed by atoms with Crippen LogP contribution in [0.3, 0.4) is 0 Å². The van der Waals surface area contributed by atoms with Gasteiger partial charge < -0.3 is 9.84 Å². The van der Waals surface area contributed by atoms with Gasteiger partial charge in [-0.25, -0.2) is 4.98 Å². The van der Waals surface area contributed by atoms with Gasteiger partial charge in [0.1, 0.15) is 6.33 Å². The van der Waals surface area contributed by atoms with Gasteiger partial charge in [-0.05, 0) is 13.5 Å². The van der Waals surface area contributed by atoms with Crippen molar-refractivity contribution in [3.05, 3.63) is 12.2 Å². The van der Waals surface area contributed by atoms with Crippen molar-refractivity contribution in [3.63, 3.8) is 0 Å². The first kappa shape index (κ1) is 9.78. The lowest BCUT2D eigenvalue weighted by Crippen LogP contribution is -2.17. The molecule has 1 unspecified atom stereocenters. The van der Waals surface area contributed by atoms with Crippen molar-refractivity contribution in [2.24, 2.45) is 0 Å². The summed E-state index contributed by atoms with van der Waals surface area (Å²) in [6.07, 6.45) is 1.40. The van der Waals surface area contributed by atoms with Crippen LogP contribution in [0.2, 0.25) is 0 Å². The topological polar surface area (TPSA) is 92.5 Å². The van der Waals surface area contributed by atoms with Gasteiger partial charge in [-0.3, -0.25) is 5.10 Å². The summed E-state index contributed by atoms with van der Waals surface area (Å²) >= 11 is 0. The number of H-pyrrole nitrogens is 1. The fraction of sp³-hybridized carbons (Fsp3) is 0.500. The van der Waals surface area contributed by atoms with Crippen molar-refractivity contribution >= 4 is 0 Å². The number of aromatic nitrogens is 5. The Morgan fingerprint density at radius 3 is 3.13 bits per heavy atom. The van der Waals surface area contributed by atoms with Crippen LogP contribution in [-0.2, 0) is 0 Å². The van der Waals surface area contributed by atoms with E-state index in [1.807, 2.05) is 13.8 Å². The molecule has 0 fully saturated rings. The Balaban J connectivity index is 2.17. The molecule has 2 aromatic heterocycles. The Morgan fingerprint density at radius 2 is 2.47 bits per heavy atom. The summed E-state index contributed by atoms with van der Waals surface area (Å²) in [5.41, 5.74) is 0. The summed E-state index contributed by atoms with van der Waals surface area (Å²) in [6, 6.07) is 0.0409. The number of rotatable bonds is 4. The highest BCUT2D eigenvalue weighted by molar-refractivity contribution is 5.39. The second-order valence-corrected chi connectivity index (χ2v) is 3.07. The van der Waals surface area contributed by atoms with Gasteiger partial charge in [-0.1, -0.05) is 12.1 Å². The highest BCUT2D eigenvalue weighted by Gasteiger charge is 2.15. The monoisotopic (exact) mass is 208 g/mol. The average Bonchev–Trinajstić information content (AvgIpc) is 2.89. The Bertz CT molecular complexity index is 408. The van der Waals surface area contributed by atoms with E-state index in [1.54, 1.807) is 0 Å². The lowest BCUT2D eigenvalue weighted by Gasteiger charge is -2.04. The van der Waals surface area contributed by atoms with E-state index in [1.165, 1.54) is 6.33 Å². The third kappa shape index (κ3) is 2.01. The van der Waals surface area contributed by atoms with Gasteiger partial charge in [0.05, 0.1) is 6.04 Å². The summed E-state index contributed by atoms with van der Waals surface area (Å²) in [5, 5.41) is 13.4. The fourth-order valence-corrected chi connectivity index (χ4v) is 1.21. The van der Waals surface area contributed by atoms with Crippen molar-refractivity contribution < 1.29 is 4.52 Å². The predicted molar refractivity (Wildman–Crippen MR) is 51.8 cm³/mol. The van der Waals surface area contributed by atoms with Crippen molar-refractivity contribution in [2.45, 2.75) is 19.9 Å². The normalized spacial score (nSPS) is 12.9. The SMILES string of the molecule is CCNC(C)c1nc(-c2ncn[nH]2)no1. The van der Waals surface area contributed by atoms with Gasteiger partial charge in [-0.2, -0.15) is 10.1 Å². The fourth-order valence-electron chi connectivity index (χ4n) is 1.21. The average molecular weight is 208 g/mol. The van der Waals surface area contributed by atoms with Gasteiger partial charge in [0.25, 0.3) is 0 Å². The molecule has 7 heteroatoms. The molecular weight excluding hydrogens is 196 g/mol. The smallest absolute Gasteiger partial charge is 0.243 e. The van der Waals surface area contributed by atoms with Crippen LogP contribution in [0.25, 0.3) is 11.6 Å².